The van der Waals surface area contributed by atoms with E-state index in [1.54, 1.807) is 32.0 Å². The van der Waals surface area contributed by atoms with Gasteiger partial charge in [0.1, 0.15) is 4.21 Å². The molecule has 0 saturated heterocycles. The molecular weight excluding hydrogens is 390 g/mol. The summed E-state index contributed by atoms with van der Waals surface area (Å²) in [7, 11) is -3.64. The highest BCUT2D eigenvalue weighted by atomic mass is 79.9. The largest absolute Gasteiger partial charge is 0.462 e. The summed E-state index contributed by atoms with van der Waals surface area (Å²) in [5.74, 6) is -0.429. The van der Waals surface area contributed by atoms with E-state index >= 15 is 0 Å². The molecule has 5 nitrogen and oxygen atoms in total. The predicted molar refractivity (Wildman–Crippen MR) is 90.0 cm³/mol. The number of ether oxygens (including phenoxy) is 1. The van der Waals surface area contributed by atoms with Crippen LogP contribution in [0, 0.1) is 6.92 Å². The van der Waals surface area contributed by atoms with E-state index in [1.807, 2.05) is 0 Å². The van der Waals surface area contributed by atoms with E-state index in [2.05, 4.69) is 20.7 Å². The molecule has 2 rings (SSSR count). The van der Waals surface area contributed by atoms with Gasteiger partial charge < -0.3 is 4.74 Å². The van der Waals surface area contributed by atoms with Gasteiger partial charge in [0.05, 0.1) is 21.6 Å². The molecule has 0 fully saturated rings. The lowest BCUT2D eigenvalue weighted by atomic mass is 10.1. The molecule has 1 aromatic carbocycles. The van der Waals surface area contributed by atoms with Crippen molar-refractivity contribution in [3.63, 3.8) is 0 Å². The molecular formula is C14H14BrNO4S2. The maximum Gasteiger partial charge on any atom is 0.338 e. The molecule has 0 saturated carbocycles. The van der Waals surface area contributed by atoms with Gasteiger partial charge in [0.25, 0.3) is 10.0 Å². The molecule has 0 amide bonds. The van der Waals surface area contributed by atoms with Crippen molar-refractivity contribution in [2.45, 2.75) is 18.1 Å². The second-order valence-electron chi connectivity index (χ2n) is 4.41. The number of halogens is 1. The number of aryl methyl sites for hydroxylation is 1. The summed E-state index contributed by atoms with van der Waals surface area (Å²) >= 11 is 4.37. The number of esters is 1. The molecule has 0 spiro atoms. The van der Waals surface area contributed by atoms with Crippen LogP contribution in [-0.4, -0.2) is 21.0 Å². The molecule has 0 aliphatic carbocycles. The molecule has 0 aliphatic heterocycles. The van der Waals surface area contributed by atoms with Gasteiger partial charge in [-0.25, -0.2) is 13.2 Å². The van der Waals surface area contributed by atoms with Gasteiger partial charge in [0.15, 0.2) is 0 Å². The summed E-state index contributed by atoms with van der Waals surface area (Å²) in [6.07, 6.45) is 0. The fourth-order valence-corrected chi connectivity index (χ4v) is 4.90. The van der Waals surface area contributed by atoms with Crippen LogP contribution in [0.4, 0.5) is 5.69 Å². The Balaban J connectivity index is 2.25. The molecule has 0 bridgehead atoms. The zero-order valence-corrected chi connectivity index (χ0v) is 15.1. The summed E-state index contributed by atoms with van der Waals surface area (Å²) in [4.78, 5) is 11.7. The summed E-state index contributed by atoms with van der Waals surface area (Å²) in [5.41, 5.74) is 1.46. The third kappa shape index (κ3) is 3.88. The Morgan fingerprint density at radius 1 is 1.32 bits per heavy atom. The molecule has 2 aromatic rings. The maximum absolute atomic E-state index is 12.3. The standard InChI is InChI=1S/C14H14BrNO4S2/c1-3-20-14(17)10-4-5-11(9(2)8-10)16-22(18,19)13-7-6-12(15)21-13/h4-8,16H,3H2,1-2H3. The third-order valence-electron chi connectivity index (χ3n) is 2.80. The minimum atomic E-state index is -3.64. The fourth-order valence-electron chi connectivity index (χ4n) is 1.76. The third-order valence-corrected chi connectivity index (χ3v) is 6.28. The topological polar surface area (TPSA) is 72.5 Å². The number of benzene rings is 1. The average molecular weight is 404 g/mol. The van der Waals surface area contributed by atoms with Gasteiger partial charge in [-0.05, 0) is 65.7 Å². The van der Waals surface area contributed by atoms with E-state index < -0.39 is 16.0 Å². The zero-order valence-electron chi connectivity index (χ0n) is 11.9. The van der Waals surface area contributed by atoms with E-state index in [9.17, 15) is 13.2 Å². The first-order valence-corrected chi connectivity index (χ1v) is 9.48. The Kier molecular flexibility index (Phi) is 5.25. The van der Waals surface area contributed by atoms with Crippen LogP contribution in [0.2, 0.25) is 0 Å². The van der Waals surface area contributed by atoms with Gasteiger partial charge in [-0.3, -0.25) is 4.72 Å². The first kappa shape index (κ1) is 17.0. The molecule has 0 unspecified atom stereocenters. The molecule has 0 atom stereocenters. The summed E-state index contributed by atoms with van der Waals surface area (Å²) in [5, 5.41) is 0. The van der Waals surface area contributed by atoms with Crippen LogP contribution in [0.3, 0.4) is 0 Å². The van der Waals surface area contributed by atoms with Gasteiger partial charge in [0, 0.05) is 0 Å². The highest BCUT2D eigenvalue weighted by Crippen LogP contribution is 2.28. The first-order chi connectivity index (χ1) is 10.3. The summed E-state index contributed by atoms with van der Waals surface area (Å²) < 4.78 is 32.9. The van der Waals surface area contributed by atoms with Crippen molar-refractivity contribution in [1.82, 2.24) is 0 Å². The van der Waals surface area contributed by atoms with Gasteiger partial charge in [-0.15, -0.1) is 11.3 Å². The first-order valence-electron chi connectivity index (χ1n) is 6.39. The van der Waals surface area contributed by atoms with Crippen molar-refractivity contribution < 1.29 is 17.9 Å². The van der Waals surface area contributed by atoms with Crippen molar-refractivity contribution in [2.75, 3.05) is 11.3 Å². The fraction of sp³-hybridized carbons (Fsp3) is 0.214. The summed E-state index contributed by atoms with van der Waals surface area (Å²) in [6.45, 7) is 3.75. The van der Waals surface area contributed by atoms with Crippen LogP contribution in [0.1, 0.15) is 22.8 Å². The van der Waals surface area contributed by atoms with E-state index in [0.29, 0.717) is 23.4 Å². The Hall–Kier alpha value is -1.38. The van der Waals surface area contributed by atoms with Gasteiger partial charge in [-0.1, -0.05) is 0 Å². The number of carbonyl (C=O) groups is 1. The van der Waals surface area contributed by atoms with Crippen LogP contribution in [-0.2, 0) is 14.8 Å². The highest BCUT2D eigenvalue weighted by Gasteiger charge is 2.18. The minimum absolute atomic E-state index is 0.216. The lowest BCUT2D eigenvalue weighted by molar-refractivity contribution is 0.0526. The lowest BCUT2D eigenvalue weighted by Crippen LogP contribution is -2.13. The Bertz CT molecular complexity index is 799. The molecule has 1 aromatic heterocycles. The number of sulfonamides is 1. The van der Waals surface area contributed by atoms with Crippen LogP contribution in [0.15, 0.2) is 38.3 Å². The smallest absolute Gasteiger partial charge is 0.338 e. The average Bonchev–Trinajstić information content (AvgIpc) is 2.89. The number of hydrogen-bond acceptors (Lipinski definition) is 5. The van der Waals surface area contributed by atoms with Gasteiger partial charge >= 0.3 is 5.97 Å². The van der Waals surface area contributed by atoms with E-state index in [0.717, 1.165) is 15.1 Å². The minimum Gasteiger partial charge on any atom is -0.462 e. The SMILES string of the molecule is CCOC(=O)c1ccc(NS(=O)(=O)c2ccc(Br)s2)c(C)c1. The number of anilines is 1. The van der Waals surface area contributed by atoms with Crippen molar-refractivity contribution in [3.8, 4) is 0 Å². The molecule has 22 heavy (non-hydrogen) atoms. The van der Waals surface area contributed by atoms with E-state index in [4.69, 9.17) is 4.74 Å². The highest BCUT2D eigenvalue weighted by molar-refractivity contribution is 9.11. The van der Waals surface area contributed by atoms with Crippen molar-refractivity contribution in [2.24, 2.45) is 0 Å². The van der Waals surface area contributed by atoms with Crippen LogP contribution in [0.25, 0.3) is 0 Å². The predicted octanol–water partition coefficient (Wildman–Crippen LogP) is 3.80. The number of rotatable bonds is 5. The maximum atomic E-state index is 12.3. The Morgan fingerprint density at radius 3 is 2.59 bits per heavy atom. The molecule has 118 valence electrons. The lowest BCUT2D eigenvalue weighted by Gasteiger charge is -2.10. The molecule has 1 heterocycles. The molecule has 8 heteroatoms. The Morgan fingerprint density at radius 2 is 2.05 bits per heavy atom. The molecule has 1 N–H and O–H groups in total. The Labute approximate surface area is 141 Å². The van der Waals surface area contributed by atoms with Crippen molar-refractivity contribution in [1.29, 1.82) is 0 Å². The van der Waals surface area contributed by atoms with Crippen molar-refractivity contribution in [3.05, 3.63) is 45.2 Å². The number of nitrogens with one attached hydrogen (secondary N) is 1. The number of carbonyl (C=O) groups excluding carboxylic acids is 1. The number of hydrogen-bond donors (Lipinski definition) is 1. The van der Waals surface area contributed by atoms with E-state index in [-0.39, 0.29) is 4.21 Å². The summed E-state index contributed by atoms with van der Waals surface area (Å²) in [6, 6.07) is 7.89. The second kappa shape index (κ2) is 6.80. The zero-order chi connectivity index (χ0) is 16.3. The monoisotopic (exact) mass is 403 g/mol. The second-order valence-corrected chi connectivity index (χ2v) is 8.79. The van der Waals surface area contributed by atoms with Gasteiger partial charge in [0.2, 0.25) is 0 Å². The molecule has 0 radical (unpaired) electrons. The normalized spacial score (nSPS) is 11.2. The molecule has 0 aliphatic rings. The van der Waals surface area contributed by atoms with Gasteiger partial charge in [-0.2, -0.15) is 0 Å². The van der Waals surface area contributed by atoms with Crippen molar-refractivity contribution >= 4 is 48.9 Å². The van der Waals surface area contributed by atoms with Crippen LogP contribution in [0.5, 0.6) is 0 Å². The quantitative estimate of drug-likeness (QED) is 0.770. The van der Waals surface area contributed by atoms with Crippen LogP contribution >= 0.6 is 27.3 Å². The number of thiophene rings is 1. The van der Waals surface area contributed by atoms with E-state index in [1.165, 1.54) is 12.1 Å². The van der Waals surface area contributed by atoms with Crippen LogP contribution < -0.4 is 4.72 Å².